The van der Waals surface area contributed by atoms with Gasteiger partial charge in [-0.25, -0.2) is 13.5 Å². The molecular formula is C20H19F4N3O. The number of alkyl halides is 2. The van der Waals surface area contributed by atoms with Gasteiger partial charge in [-0.1, -0.05) is 18.2 Å². The van der Waals surface area contributed by atoms with E-state index in [1.807, 2.05) is 0 Å². The molecule has 0 aliphatic rings. The molecule has 0 atom stereocenters. The molecular weight excluding hydrogens is 374 g/mol. The molecule has 0 aliphatic heterocycles. The highest BCUT2D eigenvalue weighted by Gasteiger charge is 2.16. The van der Waals surface area contributed by atoms with Gasteiger partial charge < -0.3 is 10.1 Å². The Labute approximate surface area is 159 Å². The molecule has 0 amide bonds. The van der Waals surface area contributed by atoms with Crippen molar-refractivity contribution < 1.29 is 22.3 Å². The minimum atomic E-state index is -2.89. The summed E-state index contributed by atoms with van der Waals surface area (Å²) in [4.78, 5) is 0. The van der Waals surface area contributed by atoms with E-state index in [-0.39, 0.29) is 11.4 Å². The van der Waals surface area contributed by atoms with Gasteiger partial charge in [-0.15, -0.1) is 0 Å². The Kier molecular flexibility index (Phi) is 5.99. The predicted molar refractivity (Wildman–Crippen MR) is 96.6 cm³/mol. The van der Waals surface area contributed by atoms with Gasteiger partial charge in [0, 0.05) is 36.0 Å². The van der Waals surface area contributed by atoms with Crippen LogP contribution in [0.3, 0.4) is 0 Å². The molecule has 2 aromatic carbocycles. The molecule has 0 aliphatic carbocycles. The molecule has 1 heterocycles. The molecule has 0 radical (unpaired) electrons. The maximum atomic E-state index is 14.1. The van der Waals surface area contributed by atoms with Crippen LogP contribution in [0.15, 0.2) is 42.5 Å². The third-order valence-corrected chi connectivity index (χ3v) is 4.38. The van der Waals surface area contributed by atoms with Crippen molar-refractivity contribution in [2.75, 3.05) is 0 Å². The fourth-order valence-electron chi connectivity index (χ4n) is 3.00. The van der Waals surface area contributed by atoms with Crippen molar-refractivity contribution in [3.05, 3.63) is 76.6 Å². The van der Waals surface area contributed by atoms with Gasteiger partial charge in [-0.2, -0.15) is 13.9 Å². The molecule has 4 nitrogen and oxygen atoms in total. The number of ether oxygens (including phenoxy) is 1. The zero-order valence-corrected chi connectivity index (χ0v) is 15.3. The summed E-state index contributed by atoms with van der Waals surface area (Å²) in [7, 11) is 0. The highest BCUT2D eigenvalue weighted by molar-refractivity contribution is 5.39. The second-order valence-electron chi connectivity index (χ2n) is 6.25. The number of halogens is 4. The van der Waals surface area contributed by atoms with Crippen LogP contribution >= 0.6 is 0 Å². The van der Waals surface area contributed by atoms with E-state index in [0.29, 0.717) is 30.0 Å². The molecule has 0 spiro atoms. The van der Waals surface area contributed by atoms with Gasteiger partial charge in [0.25, 0.3) is 0 Å². The van der Waals surface area contributed by atoms with Gasteiger partial charge >= 0.3 is 6.61 Å². The summed E-state index contributed by atoms with van der Waals surface area (Å²) < 4.78 is 58.2. The molecule has 148 valence electrons. The molecule has 3 aromatic rings. The van der Waals surface area contributed by atoms with Crippen molar-refractivity contribution >= 4 is 0 Å². The normalized spacial score (nSPS) is 11.2. The smallest absolute Gasteiger partial charge is 0.387 e. The first-order chi connectivity index (χ1) is 13.4. The molecule has 0 saturated heterocycles. The van der Waals surface area contributed by atoms with Crippen LogP contribution in [0.25, 0.3) is 5.69 Å². The molecule has 1 aromatic heterocycles. The van der Waals surface area contributed by atoms with Crippen LogP contribution in [0.5, 0.6) is 5.75 Å². The van der Waals surface area contributed by atoms with Crippen molar-refractivity contribution in [1.82, 2.24) is 15.1 Å². The standard InChI is InChI=1S/C20H19F4N3O/c1-12-16(11-25-10-14-5-3-4-6-19(14)28-20(23)24)13(2)27(26-12)18-8-7-15(21)9-17(18)22/h3-9,20,25H,10-11H2,1-2H3. The van der Waals surface area contributed by atoms with Crippen LogP contribution in [-0.2, 0) is 13.1 Å². The number of hydrogen-bond donors (Lipinski definition) is 1. The van der Waals surface area contributed by atoms with E-state index in [1.165, 1.54) is 22.9 Å². The summed E-state index contributed by atoms with van der Waals surface area (Å²) in [6.45, 7) is 1.37. The molecule has 0 fully saturated rings. The van der Waals surface area contributed by atoms with E-state index in [9.17, 15) is 17.6 Å². The van der Waals surface area contributed by atoms with Gasteiger partial charge in [-0.3, -0.25) is 0 Å². The van der Waals surface area contributed by atoms with Crippen molar-refractivity contribution in [1.29, 1.82) is 0 Å². The van der Waals surface area contributed by atoms with Crippen molar-refractivity contribution in [3.63, 3.8) is 0 Å². The fourth-order valence-corrected chi connectivity index (χ4v) is 3.00. The van der Waals surface area contributed by atoms with Crippen LogP contribution in [0.4, 0.5) is 17.6 Å². The van der Waals surface area contributed by atoms with E-state index >= 15 is 0 Å². The SMILES string of the molecule is Cc1nn(-c2ccc(F)cc2F)c(C)c1CNCc1ccccc1OC(F)F. The lowest BCUT2D eigenvalue weighted by Crippen LogP contribution is -2.15. The van der Waals surface area contributed by atoms with Crippen LogP contribution in [0.1, 0.15) is 22.5 Å². The summed E-state index contributed by atoms with van der Waals surface area (Å²) in [5.41, 5.74) is 2.98. The number of nitrogens with one attached hydrogen (secondary N) is 1. The second kappa shape index (κ2) is 8.43. The van der Waals surface area contributed by atoms with E-state index in [0.717, 1.165) is 11.6 Å². The molecule has 0 unspecified atom stereocenters. The topological polar surface area (TPSA) is 39.1 Å². The van der Waals surface area contributed by atoms with Gasteiger partial charge in [0.1, 0.15) is 17.3 Å². The highest BCUT2D eigenvalue weighted by atomic mass is 19.3. The first kappa shape index (κ1) is 19.9. The number of hydrogen-bond acceptors (Lipinski definition) is 3. The van der Waals surface area contributed by atoms with Gasteiger partial charge in [0.05, 0.1) is 5.69 Å². The number of aryl methyl sites for hydroxylation is 1. The van der Waals surface area contributed by atoms with E-state index in [4.69, 9.17) is 0 Å². The third-order valence-electron chi connectivity index (χ3n) is 4.38. The quantitative estimate of drug-likeness (QED) is 0.594. The number of para-hydroxylation sites is 1. The first-order valence-electron chi connectivity index (χ1n) is 8.60. The lowest BCUT2D eigenvalue weighted by Gasteiger charge is -2.11. The van der Waals surface area contributed by atoms with Gasteiger partial charge in [0.15, 0.2) is 5.82 Å². The highest BCUT2D eigenvalue weighted by Crippen LogP contribution is 2.22. The van der Waals surface area contributed by atoms with Crippen LogP contribution in [0, 0.1) is 25.5 Å². The molecule has 1 N–H and O–H groups in total. The molecule has 0 bridgehead atoms. The Balaban J connectivity index is 1.75. The van der Waals surface area contributed by atoms with E-state index < -0.39 is 18.2 Å². The van der Waals surface area contributed by atoms with Crippen molar-refractivity contribution in [2.24, 2.45) is 0 Å². The van der Waals surface area contributed by atoms with E-state index in [1.54, 1.807) is 32.0 Å². The zero-order chi connectivity index (χ0) is 20.3. The summed E-state index contributed by atoms with van der Waals surface area (Å²) in [5.74, 6) is -1.25. The van der Waals surface area contributed by atoms with Crippen molar-refractivity contribution in [2.45, 2.75) is 33.5 Å². The lowest BCUT2D eigenvalue weighted by atomic mass is 10.1. The Morgan fingerprint density at radius 3 is 2.54 bits per heavy atom. The lowest BCUT2D eigenvalue weighted by molar-refractivity contribution is -0.0505. The number of rotatable bonds is 7. The Bertz CT molecular complexity index is 972. The molecule has 28 heavy (non-hydrogen) atoms. The van der Waals surface area contributed by atoms with Gasteiger partial charge in [-0.05, 0) is 32.0 Å². The summed E-state index contributed by atoms with van der Waals surface area (Å²) in [6, 6.07) is 9.85. The van der Waals surface area contributed by atoms with Gasteiger partial charge in [0.2, 0.25) is 0 Å². The molecule has 0 saturated carbocycles. The summed E-state index contributed by atoms with van der Waals surface area (Å²) in [5, 5.41) is 7.51. The first-order valence-corrected chi connectivity index (χ1v) is 8.60. The average molecular weight is 393 g/mol. The maximum absolute atomic E-state index is 14.1. The number of nitrogens with zero attached hydrogens (tertiary/aromatic N) is 2. The monoisotopic (exact) mass is 393 g/mol. The second-order valence-corrected chi connectivity index (χ2v) is 6.25. The minimum absolute atomic E-state index is 0.113. The van der Waals surface area contributed by atoms with Crippen LogP contribution < -0.4 is 10.1 Å². The Hall–Kier alpha value is -2.87. The maximum Gasteiger partial charge on any atom is 0.387 e. The fraction of sp³-hybridized carbons (Fsp3) is 0.250. The number of benzene rings is 2. The van der Waals surface area contributed by atoms with Crippen LogP contribution in [-0.4, -0.2) is 16.4 Å². The molecule has 3 rings (SSSR count). The molecule has 8 heteroatoms. The predicted octanol–water partition coefficient (Wildman–Crippen LogP) is 4.66. The summed E-state index contributed by atoms with van der Waals surface area (Å²) in [6.07, 6.45) is 0. The Morgan fingerprint density at radius 1 is 1.07 bits per heavy atom. The third kappa shape index (κ3) is 4.33. The van der Waals surface area contributed by atoms with Crippen LogP contribution in [0.2, 0.25) is 0 Å². The van der Waals surface area contributed by atoms with Crippen molar-refractivity contribution in [3.8, 4) is 11.4 Å². The average Bonchev–Trinajstić information content (AvgIpc) is 2.90. The Morgan fingerprint density at radius 2 is 1.82 bits per heavy atom. The number of aromatic nitrogens is 2. The minimum Gasteiger partial charge on any atom is -0.434 e. The zero-order valence-electron chi connectivity index (χ0n) is 15.3. The summed E-state index contributed by atoms with van der Waals surface area (Å²) >= 11 is 0. The van der Waals surface area contributed by atoms with E-state index in [2.05, 4.69) is 15.2 Å². The largest absolute Gasteiger partial charge is 0.434 e.